The molecular formula is C19H23N3O3S. The molecule has 0 heterocycles. The van der Waals surface area contributed by atoms with Crippen molar-refractivity contribution in [3.63, 3.8) is 0 Å². The number of hydrogen-bond acceptors (Lipinski definition) is 4. The number of anilines is 1. The van der Waals surface area contributed by atoms with Gasteiger partial charge in [-0.05, 0) is 43.5 Å². The first kappa shape index (κ1) is 18.6. The number of carbonyl (C=O) groups is 1. The fraction of sp³-hybridized carbons (Fsp3) is 0.316. The van der Waals surface area contributed by atoms with E-state index in [0.717, 1.165) is 19.4 Å². The molecule has 7 heteroatoms. The molecule has 1 saturated carbocycles. The van der Waals surface area contributed by atoms with E-state index in [-0.39, 0.29) is 17.3 Å². The van der Waals surface area contributed by atoms with Crippen LogP contribution in [0.3, 0.4) is 0 Å². The summed E-state index contributed by atoms with van der Waals surface area (Å²) in [7, 11) is -3.79. The number of hydrogen-bond donors (Lipinski definition) is 2. The van der Waals surface area contributed by atoms with Crippen LogP contribution in [-0.2, 0) is 21.4 Å². The molecule has 3 N–H and O–H groups in total. The van der Waals surface area contributed by atoms with Crippen LogP contribution in [0.2, 0.25) is 0 Å². The van der Waals surface area contributed by atoms with Crippen LogP contribution in [0.4, 0.5) is 5.69 Å². The molecule has 138 valence electrons. The van der Waals surface area contributed by atoms with Crippen molar-refractivity contribution >= 4 is 21.6 Å². The molecule has 26 heavy (non-hydrogen) atoms. The second-order valence-electron chi connectivity index (χ2n) is 6.74. The van der Waals surface area contributed by atoms with Crippen LogP contribution in [0.5, 0.6) is 0 Å². The molecule has 0 spiro atoms. The Kier molecular flexibility index (Phi) is 5.41. The number of nitrogens with one attached hydrogen (secondary N) is 1. The first-order valence-electron chi connectivity index (χ1n) is 8.53. The predicted molar refractivity (Wildman–Crippen MR) is 101 cm³/mol. The number of carbonyl (C=O) groups excluding carboxylic acids is 1. The lowest BCUT2D eigenvalue weighted by Gasteiger charge is -2.21. The number of nitrogens with zero attached hydrogens (tertiary/aromatic N) is 1. The maximum absolute atomic E-state index is 12.4. The molecule has 0 unspecified atom stereocenters. The molecule has 0 atom stereocenters. The largest absolute Gasteiger partial charge is 0.325 e. The van der Waals surface area contributed by atoms with E-state index in [1.54, 1.807) is 12.1 Å². The van der Waals surface area contributed by atoms with Crippen LogP contribution in [0.15, 0.2) is 53.4 Å². The van der Waals surface area contributed by atoms with Gasteiger partial charge >= 0.3 is 0 Å². The van der Waals surface area contributed by atoms with Gasteiger partial charge in [-0.25, -0.2) is 13.6 Å². The third kappa shape index (κ3) is 5.14. The molecule has 0 aliphatic heterocycles. The van der Waals surface area contributed by atoms with Gasteiger partial charge in [0.2, 0.25) is 15.9 Å². The Morgan fingerprint density at radius 3 is 2.50 bits per heavy atom. The molecular weight excluding hydrogens is 350 g/mol. The van der Waals surface area contributed by atoms with E-state index in [0.29, 0.717) is 11.7 Å². The van der Waals surface area contributed by atoms with Gasteiger partial charge in [0.1, 0.15) is 0 Å². The zero-order chi connectivity index (χ0) is 18.7. The molecule has 1 amide bonds. The van der Waals surface area contributed by atoms with Crippen molar-refractivity contribution in [1.82, 2.24) is 4.90 Å². The van der Waals surface area contributed by atoms with Crippen LogP contribution in [0, 0.1) is 6.92 Å². The monoisotopic (exact) mass is 373 g/mol. The number of nitrogens with two attached hydrogens (primary N) is 1. The maximum Gasteiger partial charge on any atom is 0.238 e. The fourth-order valence-electron chi connectivity index (χ4n) is 2.82. The lowest BCUT2D eigenvalue weighted by Crippen LogP contribution is -2.34. The van der Waals surface area contributed by atoms with E-state index in [4.69, 9.17) is 5.14 Å². The predicted octanol–water partition coefficient (Wildman–Crippen LogP) is 2.25. The summed E-state index contributed by atoms with van der Waals surface area (Å²) in [5.41, 5.74) is 2.80. The molecule has 1 fully saturated rings. The second kappa shape index (κ2) is 7.57. The summed E-state index contributed by atoms with van der Waals surface area (Å²) in [6.45, 7) is 3.03. The lowest BCUT2D eigenvalue weighted by molar-refractivity contribution is -0.117. The highest BCUT2D eigenvalue weighted by Gasteiger charge is 2.30. The Morgan fingerprint density at radius 2 is 1.88 bits per heavy atom. The van der Waals surface area contributed by atoms with Gasteiger partial charge in [-0.2, -0.15) is 0 Å². The van der Waals surface area contributed by atoms with Gasteiger partial charge in [0, 0.05) is 18.3 Å². The van der Waals surface area contributed by atoms with Crippen LogP contribution in [-0.4, -0.2) is 31.8 Å². The molecule has 0 bridgehead atoms. The minimum absolute atomic E-state index is 0.0194. The Morgan fingerprint density at radius 1 is 1.19 bits per heavy atom. The minimum Gasteiger partial charge on any atom is -0.325 e. The zero-order valence-electron chi connectivity index (χ0n) is 14.7. The summed E-state index contributed by atoms with van der Waals surface area (Å²) in [6, 6.07) is 14.7. The number of amides is 1. The smallest absolute Gasteiger partial charge is 0.238 e. The summed E-state index contributed by atoms with van der Waals surface area (Å²) in [4.78, 5) is 14.6. The topological polar surface area (TPSA) is 92.5 Å². The maximum atomic E-state index is 12.4. The van der Waals surface area contributed by atoms with E-state index < -0.39 is 10.0 Å². The molecule has 0 radical (unpaired) electrons. The molecule has 0 saturated heterocycles. The normalized spacial score (nSPS) is 14.4. The quantitative estimate of drug-likeness (QED) is 0.778. The van der Waals surface area contributed by atoms with E-state index in [1.807, 2.05) is 6.92 Å². The van der Waals surface area contributed by atoms with E-state index in [2.05, 4.69) is 34.5 Å². The first-order chi connectivity index (χ1) is 12.3. The van der Waals surface area contributed by atoms with Gasteiger partial charge in [0.05, 0.1) is 11.4 Å². The molecule has 6 nitrogen and oxygen atoms in total. The minimum atomic E-state index is -3.79. The highest BCUT2D eigenvalue weighted by Crippen LogP contribution is 2.28. The van der Waals surface area contributed by atoms with Crippen LogP contribution in [0.1, 0.15) is 24.0 Å². The van der Waals surface area contributed by atoms with Gasteiger partial charge in [0.25, 0.3) is 0 Å². The van der Waals surface area contributed by atoms with E-state index in [1.165, 1.54) is 23.3 Å². The van der Waals surface area contributed by atoms with Crippen molar-refractivity contribution in [1.29, 1.82) is 0 Å². The fourth-order valence-corrected chi connectivity index (χ4v) is 3.38. The molecule has 1 aliphatic carbocycles. The van der Waals surface area contributed by atoms with Gasteiger partial charge in [-0.15, -0.1) is 0 Å². The number of sulfonamides is 1. The van der Waals surface area contributed by atoms with Crippen molar-refractivity contribution in [2.45, 2.75) is 37.2 Å². The van der Waals surface area contributed by atoms with Crippen LogP contribution >= 0.6 is 0 Å². The summed E-state index contributed by atoms with van der Waals surface area (Å²) in [6.07, 6.45) is 2.19. The molecule has 3 rings (SSSR count). The highest BCUT2D eigenvalue weighted by atomic mass is 32.2. The standard InChI is InChI=1S/C19H23N3O3S/c1-14-5-7-15(8-6-14)12-22(17-9-10-17)13-19(23)21-16-3-2-4-18(11-16)26(20,24)25/h2-8,11,17H,9-10,12-13H2,1H3,(H,21,23)(H2,20,24,25). The van der Waals surface area contributed by atoms with Crippen molar-refractivity contribution in [3.05, 3.63) is 59.7 Å². The highest BCUT2D eigenvalue weighted by molar-refractivity contribution is 7.89. The summed E-state index contributed by atoms with van der Waals surface area (Å²) >= 11 is 0. The SMILES string of the molecule is Cc1ccc(CN(CC(=O)Nc2cccc(S(N)(=O)=O)c2)C2CC2)cc1. The zero-order valence-corrected chi connectivity index (χ0v) is 15.5. The molecule has 2 aromatic carbocycles. The Bertz CT molecular complexity index is 891. The van der Waals surface area contributed by atoms with Gasteiger partial charge < -0.3 is 5.32 Å². The van der Waals surface area contributed by atoms with E-state index >= 15 is 0 Å². The van der Waals surface area contributed by atoms with Crippen molar-refractivity contribution in [3.8, 4) is 0 Å². The Balaban J connectivity index is 1.64. The van der Waals surface area contributed by atoms with Crippen molar-refractivity contribution < 1.29 is 13.2 Å². The van der Waals surface area contributed by atoms with Crippen LogP contribution in [0.25, 0.3) is 0 Å². The summed E-state index contributed by atoms with van der Waals surface area (Å²) in [5.74, 6) is -0.171. The summed E-state index contributed by atoms with van der Waals surface area (Å²) in [5, 5.41) is 7.89. The lowest BCUT2D eigenvalue weighted by atomic mass is 10.1. The van der Waals surface area contributed by atoms with Gasteiger partial charge in [-0.3, -0.25) is 9.69 Å². The number of aryl methyl sites for hydroxylation is 1. The average molecular weight is 373 g/mol. The molecule has 0 aromatic heterocycles. The molecule has 1 aliphatic rings. The Hall–Kier alpha value is -2.22. The Labute approximate surface area is 154 Å². The summed E-state index contributed by atoms with van der Waals surface area (Å²) < 4.78 is 22.9. The van der Waals surface area contributed by atoms with Gasteiger partial charge in [-0.1, -0.05) is 35.9 Å². The number of primary sulfonamides is 1. The third-order valence-electron chi connectivity index (χ3n) is 4.36. The van der Waals surface area contributed by atoms with Crippen molar-refractivity contribution in [2.24, 2.45) is 5.14 Å². The first-order valence-corrected chi connectivity index (χ1v) is 10.1. The van der Waals surface area contributed by atoms with Crippen molar-refractivity contribution in [2.75, 3.05) is 11.9 Å². The van der Waals surface area contributed by atoms with Gasteiger partial charge in [0.15, 0.2) is 0 Å². The number of rotatable bonds is 7. The third-order valence-corrected chi connectivity index (χ3v) is 5.27. The second-order valence-corrected chi connectivity index (χ2v) is 8.30. The average Bonchev–Trinajstić information content (AvgIpc) is 3.40. The molecule has 2 aromatic rings. The van der Waals surface area contributed by atoms with Crippen LogP contribution < -0.4 is 10.5 Å². The van der Waals surface area contributed by atoms with E-state index in [9.17, 15) is 13.2 Å². The number of benzene rings is 2.